The number of sulfonamides is 1. The van der Waals surface area contributed by atoms with Gasteiger partial charge in [0.1, 0.15) is 0 Å². The van der Waals surface area contributed by atoms with Crippen LogP contribution in [0.2, 0.25) is 5.15 Å². The zero-order valence-corrected chi connectivity index (χ0v) is 10.9. The molecule has 1 heterocycles. The van der Waals surface area contributed by atoms with Crippen molar-refractivity contribution in [2.24, 2.45) is 0 Å². The van der Waals surface area contributed by atoms with Crippen molar-refractivity contribution in [3.63, 3.8) is 0 Å². The highest BCUT2D eigenvalue weighted by atomic mass is 35.5. The van der Waals surface area contributed by atoms with Crippen LogP contribution in [0.4, 0.5) is 5.82 Å². The van der Waals surface area contributed by atoms with E-state index in [1.54, 1.807) is 24.3 Å². The minimum Gasteiger partial charge on any atom is -0.480 e. The van der Waals surface area contributed by atoms with Crippen LogP contribution in [0.25, 0.3) is 11.0 Å². The van der Waals surface area contributed by atoms with Crippen molar-refractivity contribution in [3.8, 4) is 0 Å². The summed E-state index contributed by atoms with van der Waals surface area (Å²) in [5.41, 5.74) is 0.952. The number of halogens is 1. The van der Waals surface area contributed by atoms with E-state index in [0.717, 1.165) is 0 Å². The zero-order valence-electron chi connectivity index (χ0n) is 9.37. The summed E-state index contributed by atoms with van der Waals surface area (Å²) < 4.78 is 25.0. The second kappa shape index (κ2) is 4.98. The monoisotopic (exact) mass is 301 g/mol. The lowest BCUT2D eigenvalue weighted by molar-refractivity contribution is -0.134. The minimum atomic E-state index is -4.06. The second-order valence-electron chi connectivity index (χ2n) is 3.61. The number of benzene rings is 1. The van der Waals surface area contributed by atoms with Gasteiger partial charge in [-0.15, -0.1) is 0 Å². The number of rotatable bonds is 4. The predicted molar refractivity (Wildman–Crippen MR) is 69.6 cm³/mol. The van der Waals surface area contributed by atoms with Gasteiger partial charge >= 0.3 is 5.97 Å². The van der Waals surface area contributed by atoms with Gasteiger partial charge in [0.05, 0.1) is 11.0 Å². The number of aliphatic carboxylic acids is 1. The molecule has 100 valence electrons. The summed E-state index contributed by atoms with van der Waals surface area (Å²) in [7, 11) is -4.06. The quantitative estimate of drug-likeness (QED) is 0.875. The number of hydrogen-bond acceptors (Lipinski definition) is 5. The molecule has 1 aromatic heterocycles. The molecule has 0 spiro atoms. The summed E-state index contributed by atoms with van der Waals surface area (Å²) in [6.07, 6.45) is 0. The first kappa shape index (κ1) is 13.5. The molecule has 0 saturated carbocycles. The summed E-state index contributed by atoms with van der Waals surface area (Å²) in [4.78, 5) is 18.4. The summed E-state index contributed by atoms with van der Waals surface area (Å²) in [6.45, 7) is 0. The smallest absolute Gasteiger partial charge is 0.320 e. The van der Waals surface area contributed by atoms with Gasteiger partial charge in [0.2, 0.25) is 10.0 Å². The number of nitrogens with zero attached hydrogens (tertiary/aromatic N) is 2. The van der Waals surface area contributed by atoms with Crippen molar-refractivity contribution in [1.82, 2.24) is 9.97 Å². The minimum absolute atomic E-state index is 0.146. The number of aromatic nitrogens is 2. The number of hydrogen-bond donors (Lipinski definition) is 2. The highest BCUT2D eigenvalue weighted by Crippen LogP contribution is 2.21. The third-order valence-corrected chi connectivity index (χ3v) is 3.49. The number of para-hydroxylation sites is 2. The maximum Gasteiger partial charge on any atom is 0.320 e. The molecule has 7 nitrogen and oxygen atoms in total. The molecule has 0 fully saturated rings. The average Bonchev–Trinajstić information content (AvgIpc) is 2.27. The van der Waals surface area contributed by atoms with E-state index in [1.807, 2.05) is 4.72 Å². The molecule has 0 saturated heterocycles. The first-order chi connectivity index (χ1) is 8.87. The van der Waals surface area contributed by atoms with Crippen LogP contribution in [-0.2, 0) is 14.8 Å². The molecule has 0 unspecified atom stereocenters. The van der Waals surface area contributed by atoms with Crippen molar-refractivity contribution in [2.75, 3.05) is 10.5 Å². The van der Waals surface area contributed by atoms with Crippen molar-refractivity contribution < 1.29 is 18.3 Å². The lowest BCUT2D eigenvalue weighted by Crippen LogP contribution is -2.23. The van der Waals surface area contributed by atoms with Crippen LogP contribution < -0.4 is 4.72 Å². The Bertz CT molecular complexity index is 748. The third-order valence-electron chi connectivity index (χ3n) is 2.09. The van der Waals surface area contributed by atoms with Crippen LogP contribution in [-0.4, -0.2) is 35.2 Å². The van der Waals surface area contributed by atoms with E-state index in [2.05, 4.69) is 9.97 Å². The number of fused-ring (bicyclic) bond motifs is 1. The van der Waals surface area contributed by atoms with Gasteiger partial charge < -0.3 is 5.11 Å². The van der Waals surface area contributed by atoms with E-state index in [9.17, 15) is 13.2 Å². The molecule has 1 aromatic carbocycles. The fourth-order valence-electron chi connectivity index (χ4n) is 1.39. The van der Waals surface area contributed by atoms with Crippen LogP contribution in [0.15, 0.2) is 24.3 Å². The molecule has 2 N–H and O–H groups in total. The number of carbonyl (C=O) groups is 1. The van der Waals surface area contributed by atoms with Crippen LogP contribution in [0.5, 0.6) is 0 Å². The van der Waals surface area contributed by atoms with E-state index in [0.29, 0.717) is 11.0 Å². The normalized spacial score (nSPS) is 11.4. The molecule has 0 bridgehead atoms. The summed E-state index contributed by atoms with van der Waals surface area (Å²) in [6, 6.07) is 6.75. The summed E-state index contributed by atoms with van der Waals surface area (Å²) in [5.74, 6) is -2.74. The summed E-state index contributed by atoms with van der Waals surface area (Å²) in [5, 5.41) is 8.33. The zero-order chi connectivity index (χ0) is 14.0. The number of carboxylic acids is 1. The molecule has 0 radical (unpaired) electrons. The van der Waals surface area contributed by atoms with Crippen molar-refractivity contribution >= 4 is 44.4 Å². The molecular formula is C10H8ClN3O4S. The highest BCUT2D eigenvalue weighted by Gasteiger charge is 2.18. The van der Waals surface area contributed by atoms with Gasteiger partial charge in [0.25, 0.3) is 0 Å². The van der Waals surface area contributed by atoms with E-state index in [-0.39, 0.29) is 11.0 Å². The van der Waals surface area contributed by atoms with Crippen molar-refractivity contribution in [2.45, 2.75) is 0 Å². The number of carboxylic acid groups (broad SMARTS) is 1. The lowest BCUT2D eigenvalue weighted by Gasteiger charge is -2.07. The lowest BCUT2D eigenvalue weighted by atomic mass is 10.3. The molecule has 0 aliphatic rings. The van der Waals surface area contributed by atoms with Gasteiger partial charge in [0, 0.05) is 0 Å². The third kappa shape index (κ3) is 3.30. The van der Waals surface area contributed by atoms with Crippen LogP contribution in [0.3, 0.4) is 0 Å². The molecule has 0 atom stereocenters. The Morgan fingerprint density at radius 2 is 1.84 bits per heavy atom. The van der Waals surface area contributed by atoms with Crippen molar-refractivity contribution in [3.05, 3.63) is 29.4 Å². The first-order valence-electron chi connectivity index (χ1n) is 5.02. The van der Waals surface area contributed by atoms with Gasteiger partial charge in [-0.3, -0.25) is 9.52 Å². The molecule has 9 heteroatoms. The van der Waals surface area contributed by atoms with E-state index in [4.69, 9.17) is 16.7 Å². The van der Waals surface area contributed by atoms with Crippen LogP contribution >= 0.6 is 11.6 Å². The Labute approximate surface area is 113 Å². The molecular weight excluding hydrogens is 294 g/mol. The second-order valence-corrected chi connectivity index (χ2v) is 5.69. The van der Waals surface area contributed by atoms with Gasteiger partial charge in [-0.1, -0.05) is 23.7 Å². The van der Waals surface area contributed by atoms with Gasteiger partial charge in [-0.05, 0) is 12.1 Å². The Balaban J connectivity index is 2.40. The van der Waals surface area contributed by atoms with Crippen molar-refractivity contribution in [1.29, 1.82) is 0 Å². The number of nitrogens with one attached hydrogen (secondary N) is 1. The Morgan fingerprint density at radius 3 is 2.42 bits per heavy atom. The largest absolute Gasteiger partial charge is 0.480 e. The Kier molecular flexibility index (Phi) is 3.54. The predicted octanol–water partition coefficient (Wildman–Crippen LogP) is 1.11. The molecule has 2 rings (SSSR count). The fraction of sp³-hybridized carbons (Fsp3) is 0.100. The molecule has 0 aliphatic carbocycles. The van der Waals surface area contributed by atoms with Gasteiger partial charge in [-0.2, -0.15) is 0 Å². The van der Waals surface area contributed by atoms with E-state index >= 15 is 0 Å². The highest BCUT2D eigenvalue weighted by molar-refractivity contribution is 7.93. The average molecular weight is 302 g/mol. The Hall–Kier alpha value is -1.93. The molecule has 0 amide bonds. The van der Waals surface area contributed by atoms with Crippen LogP contribution in [0.1, 0.15) is 0 Å². The van der Waals surface area contributed by atoms with E-state index in [1.165, 1.54) is 0 Å². The Morgan fingerprint density at radius 1 is 1.26 bits per heavy atom. The fourth-order valence-corrected chi connectivity index (χ4v) is 2.46. The molecule has 0 aliphatic heterocycles. The molecule has 2 aromatic rings. The molecule has 19 heavy (non-hydrogen) atoms. The number of anilines is 1. The van der Waals surface area contributed by atoms with Crippen LogP contribution in [0, 0.1) is 0 Å². The SMILES string of the molecule is O=C(O)CS(=O)(=O)Nc1nc2ccccc2nc1Cl. The maximum atomic E-state index is 11.5. The van der Waals surface area contributed by atoms with Gasteiger partial charge in [-0.25, -0.2) is 18.4 Å². The van der Waals surface area contributed by atoms with Gasteiger partial charge in [0.15, 0.2) is 16.7 Å². The topological polar surface area (TPSA) is 109 Å². The maximum absolute atomic E-state index is 11.5. The standard InChI is InChI=1S/C10H8ClN3O4S/c11-9-10(14-19(17,18)5-8(15)16)13-7-4-2-1-3-6(7)12-9/h1-4H,5H2,(H,13,14)(H,15,16). The first-order valence-corrected chi connectivity index (χ1v) is 7.05. The summed E-state index contributed by atoms with van der Waals surface area (Å²) >= 11 is 5.80. The van der Waals surface area contributed by atoms with E-state index < -0.39 is 21.7 Å².